The maximum atomic E-state index is 14.7. The lowest BCUT2D eigenvalue weighted by molar-refractivity contribution is -0.135. The van der Waals surface area contributed by atoms with Crippen molar-refractivity contribution in [2.75, 3.05) is 33.4 Å². The van der Waals surface area contributed by atoms with Gasteiger partial charge in [-0.1, -0.05) is 0 Å². The minimum atomic E-state index is -1.92. The Labute approximate surface area is 134 Å². The lowest BCUT2D eigenvalue weighted by Gasteiger charge is -2.35. The summed E-state index contributed by atoms with van der Waals surface area (Å²) in [6, 6.07) is 1.65. The molecule has 1 aliphatic heterocycles. The number of carbonyl (C=O) groups excluding carboxylic acids is 2. The van der Waals surface area contributed by atoms with E-state index in [0.29, 0.717) is 18.8 Å². The van der Waals surface area contributed by atoms with Gasteiger partial charge in [-0.25, -0.2) is 4.39 Å². The predicted octanol–water partition coefficient (Wildman–Crippen LogP) is 0.610. The van der Waals surface area contributed by atoms with E-state index in [1.807, 2.05) is 6.92 Å². The molecule has 1 fully saturated rings. The topological polar surface area (TPSA) is 76.5 Å². The van der Waals surface area contributed by atoms with Gasteiger partial charge >= 0.3 is 0 Å². The van der Waals surface area contributed by atoms with E-state index in [-0.39, 0.29) is 38.4 Å². The third kappa shape index (κ3) is 3.87. The molecule has 8 heteroatoms. The molecule has 23 heavy (non-hydrogen) atoms. The highest BCUT2D eigenvalue weighted by atomic mass is 19.1. The highest BCUT2D eigenvalue weighted by Crippen LogP contribution is 2.27. The maximum absolute atomic E-state index is 14.7. The van der Waals surface area contributed by atoms with Crippen molar-refractivity contribution in [2.45, 2.75) is 32.0 Å². The smallest absolute Gasteiger partial charge is 0.272 e. The van der Waals surface area contributed by atoms with Crippen LogP contribution in [0.1, 0.15) is 30.3 Å². The van der Waals surface area contributed by atoms with Crippen molar-refractivity contribution >= 4 is 11.8 Å². The summed E-state index contributed by atoms with van der Waals surface area (Å²) in [4.78, 5) is 26.0. The number of hydrogen-bond acceptors (Lipinski definition) is 4. The molecule has 1 aromatic rings. The van der Waals surface area contributed by atoms with Gasteiger partial charge in [0.25, 0.3) is 11.8 Å². The first-order chi connectivity index (χ1) is 11.0. The third-order valence-corrected chi connectivity index (χ3v) is 4.08. The van der Waals surface area contributed by atoms with Gasteiger partial charge in [0.05, 0.1) is 6.61 Å². The summed E-state index contributed by atoms with van der Waals surface area (Å²) in [5.41, 5.74) is -1.43. The number of halogens is 1. The van der Waals surface area contributed by atoms with Crippen LogP contribution in [0.3, 0.4) is 0 Å². The van der Waals surface area contributed by atoms with Crippen molar-refractivity contribution in [3.8, 4) is 0 Å². The zero-order valence-corrected chi connectivity index (χ0v) is 13.5. The van der Waals surface area contributed by atoms with Crippen molar-refractivity contribution < 1.29 is 18.7 Å². The fourth-order valence-electron chi connectivity index (χ4n) is 2.64. The molecule has 128 valence electrons. The lowest BCUT2D eigenvalue weighted by atomic mass is 9.92. The normalized spacial score (nSPS) is 17.1. The second kappa shape index (κ2) is 7.54. The van der Waals surface area contributed by atoms with E-state index in [0.717, 1.165) is 0 Å². The number of nitrogens with one attached hydrogen (secondary N) is 1. The molecule has 0 spiro atoms. The average Bonchev–Trinajstić information content (AvgIpc) is 3.03. The van der Waals surface area contributed by atoms with Crippen LogP contribution in [0.2, 0.25) is 0 Å². The van der Waals surface area contributed by atoms with Crippen LogP contribution in [0.4, 0.5) is 4.39 Å². The molecule has 0 radical (unpaired) electrons. The minimum absolute atomic E-state index is 0.00217. The van der Waals surface area contributed by atoms with E-state index < -0.39 is 11.6 Å². The van der Waals surface area contributed by atoms with Gasteiger partial charge in [0.15, 0.2) is 5.67 Å². The van der Waals surface area contributed by atoms with Crippen LogP contribution in [0.5, 0.6) is 0 Å². The first-order valence-electron chi connectivity index (χ1n) is 7.79. The standard InChI is InChI=1S/C15H23FN4O3/c1-3-20-12(4-7-18-20)13(21)19-9-5-15(16,6-10-19)14(22)17-8-11-23-2/h4,7H,3,5-6,8-11H2,1-2H3,(H,17,22). The average molecular weight is 326 g/mol. The fourth-order valence-corrected chi connectivity index (χ4v) is 2.64. The Kier molecular flexibility index (Phi) is 5.70. The van der Waals surface area contributed by atoms with Crippen molar-refractivity contribution in [3.05, 3.63) is 18.0 Å². The molecule has 1 N–H and O–H groups in total. The number of aryl methyl sites for hydroxylation is 1. The summed E-state index contributed by atoms with van der Waals surface area (Å²) < 4.78 is 21.1. The van der Waals surface area contributed by atoms with Crippen molar-refractivity contribution in [1.29, 1.82) is 0 Å². The first kappa shape index (κ1) is 17.4. The van der Waals surface area contributed by atoms with E-state index in [1.165, 1.54) is 7.11 Å². The zero-order valence-electron chi connectivity index (χ0n) is 13.5. The molecular weight excluding hydrogens is 303 g/mol. The van der Waals surface area contributed by atoms with E-state index in [1.54, 1.807) is 21.8 Å². The van der Waals surface area contributed by atoms with Gasteiger partial charge in [0.2, 0.25) is 0 Å². The summed E-state index contributed by atoms with van der Waals surface area (Å²) in [6.45, 7) is 3.53. The van der Waals surface area contributed by atoms with Crippen LogP contribution < -0.4 is 5.32 Å². The molecule has 2 rings (SSSR count). The molecule has 0 aromatic carbocycles. The molecule has 1 aliphatic rings. The van der Waals surface area contributed by atoms with Crippen LogP contribution in [-0.2, 0) is 16.1 Å². The monoisotopic (exact) mass is 326 g/mol. The Morgan fingerprint density at radius 1 is 1.43 bits per heavy atom. The molecule has 1 saturated heterocycles. The summed E-state index contributed by atoms with van der Waals surface area (Å²) in [5, 5.41) is 6.60. The second-order valence-electron chi connectivity index (χ2n) is 5.54. The molecule has 2 heterocycles. The van der Waals surface area contributed by atoms with Crippen molar-refractivity contribution in [2.24, 2.45) is 0 Å². The van der Waals surface area contributed by atoms with Crippen LogP contribution in [0.25, 0.3) is 0 Å². The maximum Gasteiger partial charge on any atom is 0.272 e. The van der Waals surface area contributed by atoms with Crippen LogP contribution in [0.15, 0.2) is 12.3 Å². The minimum Gasteiger partial charge on any atom is -0.383 e. The summed E-state index contributed by atoms with van der Waals surface area (Å²) >= 11 is 0. The molecule has 0 saturated carbocycles. The molecule has 0 aliphatic carbocycles. The molecule has 7 nitrogen and oxygen atoms in total. The number of ether oxygens (including phenoxy) is 1. The molecule has 0 bridgehead atoms. The van der Waals surface area contributed by atoms with Gasteiger partial charge in [-0.15, -0.1) is 0 Å². The number of piperidine rings is 1. The summed E-state index contributed by atoms with van der Waals surface area (Å²) in [7, 11) is 1.52. The highest BCUT2D eigenvalue weighted by molar-refractivity contribution is 5.93. The number of amides is 2. The van der Waals surface area contributed by atoms with Gasteiger partial charge in [0.1, 0.15) is 5.69 Å². The Morgan fingerprint density at radius 2 is 2.13 bits per heavy atom. The van der Waals surface area contributed by atoms with E-state index >= 15 is 0 Å². The van der Waals surface area contributed by atoms with Crippen LogP contribution in [0, 0.1) is 0 Å². The Morgan fingerprint density at radius 3 is 2.74 bits per heavy atom. The van der Waals surface area contributed by atoms with Crippen molar-refractivity contribution in [1.82, 2.24) is 20.0 Å². The SMILES string of the molecule is CCn1nccc1C(=O)N1CCC(F)(C(=O)NCCOC)CC1. The third-order valence-electron chi connectivity index (χ3n) is 4.08. The predicted molar refractivity (Wildman–Crippen MR) is 81.8 cm³/mol. The van der Waals surface area contributed by atoms with Gasteiger partial charge in [-0.2, -0.15) is 5.10 Å². The number of hydrogen-bond donors (Lipinski definition) is 1. The number of nitrogens with zero attached hydrogens (tertiary/aromatic N) is 3. The molecule has 2 amide bonds. The van der Waals surface area contributed by atoms with Gasteiger partial charge in [-0.3, -0.25) is 14.3 Å². The number of carbonyl (C=O) groups is 2. The van der Waals surface area contributed by atoms with E-state index in [4.69, 9.17) is 4.74 Å². The number of rotatable bonds is 6. The molecule has 0 atom stereocenters. The van der Waals surface area contributed by atoms with Crippen LogP contribution in [-0.4, -0.2) is 65.5 Å². The number of methoxy groups -OCH3 is 1. The fraction of sp³-hybridized carbons (Fsp3) is 0.667. The summed E-state index contributed by atoms with van der Waals surface area (Å²) in [5.74, 6) is -0.800. The quantitative estimate of drug-likeness (QED) is 0.777. The molecule has 0 unspecified atom stereocenters. The van der Waals surface area contributed by atoms with E-state index in [2.05, 4.69) is 10.4 Å². The lowest BCUT2D eigenvalue weighted by Crippen LogP contribution is -2.52. The Bertz CT molecular complexity index is 553. The van der Waals surface area contributed by atoms with Crippen LogP contribution >= 0.6 is 0 Å². The number of aromatic nitrogens is 2. The second-order valence-corrected chi connectivity index (χ2v) is 5.54. The van der Waals surface area contributed by atoms with E-state index in [9.17, 15) is 14.0 Å². The number of likely N-dealkylation sites (tertiary alicyclic amines) is 1. The highest BCUT2D eigenvalue weighted by Gasteiger charge is 2.42. The number of alkyl halides is 1. The van der Waals surface area contributed by atoms with Gasteiger partial charge in [-0.05, 0) is 13.0 Å². The van der Waals surface area contributed by atoms with Gasteiger partial charge < -0.3 is 15.0 Å². The molecular formula is C15H23FN4O3. The largest absolute Gasteiger partial charge is 0.383 e. The Hall–Kier alpha value is -1.96. The van der Waals surface area contributed by atoms with Gasteiger partial charge in [0, 0.05) is 52.3 Å². The molecule has 1 aromatic heterocycles. The first-order valence-corrected chi connectivity index (χ1v) is 7.79. The summed E-state index contributed by atoms with van der Waals surface area (Å²) in [6.07, 6.45) is 1.57. The van der Waals surface area contributed by atoms with Crippen molar-refractivity contribution in [3.63, 3.8) is 0 Å². The Balaban J connectivity index is 1.92. The zero-order chi connectivity index (χ0) is 16.9.